The lowest BCUT2D eigenvalue weighted by Crippen LogP contribution is -2.31. The van der Waals surface area contributed by atoms with Crippen LogP contribution in [0.15, 0.2) is 0 Å². The van der Waals surface area contributed by atoms with Gasteiger partial charge in [0.05, 0.1) is 12.6 Å². The Morgan fingerprint density at radius 3 is 3.20 bits per heavy atom. The van der Waals surface area contributed by atoms with E-state index < -0.39 is 0 Å². The summed E-state index contributed by atoms with van der Waals surface area (Å²) in [7, 11) is 1.67. The molecule has 10 heavy (non-hydrogen) atoms. The third-order valence-corrected chi connectivity index (χ3v) is 1.92. The lowest BCUT2D eigenvalue weighted by molar-refractivity contribution is -0.119. The molecule has 1 aliphatic heterocycles. The Morgan fingerprint density at radius 2 is 2.60 bits per heavy atom. The summed E-state index contributed by atoms with van der Waals surface area (Å²) in [5.41, 5.74) is 0. The number of carbonyl (C=O) groups is 1. The van der Waals surface area contributed by atoms with E-state index in [0.717, 1.165) is 25.8 Å². The van der Waals surface area contributed by atoms with Crippen molar-refractivity contribution >= 4 is 6.41 Å². The van der Waals surface area contributed by atoms with Crippen LogP contribution in [-0.2, 0) is 9.53 Å². The van der Waals surface area contributed by atoms with Crippen LogP contribution in [0.1, 0.15) is 12.8 Å². The highest BCUT2D eigenvalue weighted by Gasteiger charge is 2.21. The molecule has 0 aromatic carbocycles. The lowest BCUT2D eigenvalue weighted by Gasteiger charge is -2.18. The van der Waals surface area contributed by atoms with Crippen molar-refractivity contribution in [2.75, 3.05) is 20.3 Å². The fourth-order valence-corrected chi connectivity index (χ4v) is 1.37. The van der Waals surface area contributed by atoms with E-state index in [1.807, 2.05) is 4.90 Å². The van der Waals surface area contributed by atoms with Gasteiger partial charge >= 0.3 is 0 Å². The predicted molar refractivity (Wildman–Crippen MR) is 37.7 cm³/mol. The summed E-state index contributed by atoms with van der Waals surface area (Å²) in [5, 5.41) is 0. The van der Waals surface area contributed by atoms with Gasteiger partial charge in [-0.3, -0.25) is 4.79 Å². The summed E-state index contributed by atoms with van der Waals surface area (Å²) in [6.45, 7) is 1.58. The van der Waals surface area contributed by atoms with Crippen LogP contribution in [-0.4, -0.2) is 37.6 Å². The van der Waals surface area contributed by atoms with Crippen molar-refractivity contribution < 1.29 is 9.53 Å². The molecule has 3 nitrogen and oxygen atoms in total. The third kappa shape index (κ3) is 1.48. The van der Waals surface area contributed by atoms with E-state index >= 15 is 0 Å². The summed E-state index contributed by atoms with van der Waals surface area (Å²) in [6, 6.07) is 0.336. The number of likely N-dealkylation sites (tertiary alicyclic amines) is 1. The first kappa shape index (κ1) is 7.54. The molecule has 0 bridgehead atoms. The molecule has 1 amide bonds. The summed E-state index contributed by atoms with van der Waals surface area (Å²) >= 11 is 0. The quantitative estimate of drug-likeness (QED) is 0.530. The van der Waals surface area contributed by atoms with E-state index in [9.17, 15) is 4.79 Å². The second kappa shape index (κ2) is 3.56. The Hall–Kier alpha value is -0.570. The number of amides is 1. The van der Waals surface area contributed by atoms with Crippen LogP contribution < -0.4 is 0 Å². The van der Waals surface area contributed by atoms with Gasteiger partial charge in [0, 0.05) is 13.7 Å². The summed E-state index contributed by atoms with van der Waals surface area (Å²) in [6.07, 6.45) is 3.12. The van der Waals surface area contributed by atoms with Crippen molar-refractivity contribution in [3.63, 3.8) is 0 Å². The summed E-state index contributed by atoms with van der Waals surface area (Å²) in [5.74, 6) is 0. The van der Waals surface area contributed by atoms with Gasteiger partial charge in [-0.2, -0.15) is 0 Å². The largest absolute Gasteiger partial charge is 0.383 e. The molecule has 0 N–H and O–H groups in total. The van der Waals surface area contributed by atoms with Gasteiger partial charge < -0.3 is 9.64 Å². The molecule has 1 saturated heterocycles. The Kier molecular flexibility index (Phi) is 2.68. The van der Waals surface area contributed by atoms with Crippen LogP contribution in [0.4, 0.5) is 0 Å². The number of hydrogen-bond donors (Lipinski definition) is 0. The topological polar surface area (TPSA) is 29.5 Å². The molecule has 0 spiro atoms. The first-order chi connectivity index (χ1) is 4.88. The van der Waals surface area contributed by atoms with Gasteiger partial charge in [-0.1, -0.05) is 0 Å². The standard InChI is InChI=1S/C7H13NO2/c1-10-5-7-3-2-4-8(7)6-9/h6-7H,2-5H2,1H3/t7-/m1/s1. The van der Waals surface area contributed by atoms with Crippen LogP contribution in [0, 0.1) is 0 Å². The molecular weight excluding hydrogens is 130 g/mol. The Morgan fingerprint density at radius 1 is 1.80 bits per heavy atom. The molecule has 58 valence electrons. The SMILES string of the molecule is COC[C@H]1CCCN1C=O. The Bertz CT molecular complexity index is 116. The maximum absolute atomic E-state index is 10.4. The van der Waals surface area contributed by atoms with Gasteiger partial charge in [0.15, 0.2) is 0 Å². The monoisotopic (exact) mass is 143 g/mol. The summed E-state index contributed by atoms with van der Waals surface area (Å²) < 4.78 is 4.96. The predicted octanol–water partition coefficient (Wildman–Crippen LogP) is 0.254. The molecule has 1 heterocycles. The molecule has 0 radical (unpaired) electrons. The number of carbonyl (C=O) groups excluding carboxylic acids is 1. The maximum Gasteiger partial charge on any atom is 0.210 e. The van der Waals surface area contributed by atoms with E-state index in [0.29, 0.717) is 12.6 Å². The molecule has 1 rings (SSSR count). The molecular formula is C7H13NO2. The van der Waals surface area contributed by atoms with Crippen molar-refractivity contribution in [3.05, 3.63) is 0 Å². The van der Waals surface area contributed by atoms with E-state index in [4.69, 9.17) is 4.74 Å². The van der Waals surface area contributed by atoms with E-state index in [1.54, 1.807) is 7.11 Å². The van der Waals surface area contributed by atoms with Gasteiger partial charge in [0.2, 0.25) is 6.41 Å². The van der Waals surface area contributed by atoms with Gasteiger partial charge in [0.25, 0.3) is 0 Å². The van der Waals surface area contributed by atoms with Crippen molar-refractivity contribution in [1.29, 1.82) is 0 Å². The van der Waals surface area contributed by atoms with E-state index in [1.165, 1.54) is 0 Å². The molecule has 0 aromatic heterocycles. The highest BCUT2D eigenvalue weighted by Crippen LogP contribution is 2.14. The van der Waals surface area contributed by atoms with Gasteiger partial charge in [-0.05, 0) is 12.8 Å². The fraction of sp³-hybridized carbons (Fsp3) is 0.857. The van der Waals surface area contributed by atoms with Crippen LogP contribution in [0.25, 0.3) is 0 Å². The van der Waals surface area contributed by atoms with Crippen LogP contribution in [0.3, 0.4) is 0 Å². The zero-order valence-electron chi connectivity index (χ0n) is 6.25. The van der Waals surface area contributed by atoms with E-state index in [-0.39, 0.29) is 0 Å². The maximum atomic E-state index is 10.4. The minimum atomic E-state index is 0.336. The molecule has 0 saturated carbocycles. The molecule has 3 heteroatoms. The highest BCUT2D eigenvalue weighted by molar-refractivity contribution is 5.48. The second-order valence-corrected chi connectivity index (χ2v) is 2.59. The highest BCUT2D eigenvalue weighted by atomic mass is 16.5. The van der Waals surface area contributed by atoms with Crippen LogP contribution in [0.2, 0.25) is 0 Å². The van der Waals surface area contributed by atoms with Gasteiger partial charge in [0.1, 0.15) is 0 Å². The lowest BCUT2D eigenvalue weighted by atomic mass is 10.2. The van der Waals surface area contributed by atoms with Crippen molar-refractivity contribution in [2.45, 2.75) is 18.9 Å². The number of nitrogens with zero attached hydrogens (tertiary/aromatic N) is 1. The number of hydrogen-bond acceptors (Lipinski definition) is 2. The van der Waals surface area contributed by atoms with Crippen LogP contribution >= 0.6 is 0 Å². The molecule has 1 fully saturated rings. The number of methoxy groups -OCH3 is 1. The Balaban J connectivity index is 2.34. The van der Waals surface area contributed by atoms with Crippen molar-refractivity contribution in [3.8, 4) is 0 Å². The Labute approximate surface area is 61.0 Å². The zero-order chi connectivity index (χ0) is 7.40. The smallest absolute Gasteiger partial charge is 0.210 e. The first-order valence-electron chi connectivity index (χ1n) is 3.58. The molecule has 0 aliphatic carbocycles. The summed E-state index contributed by atoms with van der Waals surface area (Å²) in [4.78, 5) is 12.2. The van der Waals surface area contributed by atoms with Crippen molar-refractivity contribution in [1.82, 2.24) is 4.90 Å². The number of rotatable bonds is 3. The first-order valence-corrected chi connectivity index (χ1v) is 3.58. The third-order valence-electron chi connectivity index (χ3n) is 1.92. The minimum Gasteiger partial charge on any atom is -0.383 e. The molecule has 0 unspecified atom stereocenters. The normalized spacial score (nSPS) is 25.3. The van der Waals surface area contributed by atoms with Gasteiger partial charge in [-0.15, -0.1) is 0 Å². The molecule has 0 aromatic rings. The average Bonchev–Trinajstić information content (AvgIpc) is 2.36. The molecule has 1 aliphatic rings. The van der Waals surface area contributed by atoms with Gasteiger partial charge in [-0.25, -0.2) is 0 Å². The number of ether oxygens (including phenoxy) is 1. The van der Waals surface area contributed by atoms with Crippen molar-refractivity contribution in [2.24, 2.45) is 0 Å². The average molecular weight is 143 g/mol. The molecule has 1 atom stereocenters. The minimum absolute atomic E-state index is 0.336. The van der Waals surface area contributed by atoms with E-state index in [2.05, 4.69) is 0 Å². The fourth-order valence-electron chi connectivity index (χ4n) is 1.37. The van der Waals surface area contributed by atoms with Crippen LogP contribution in [0.5, 0.6) is 0 Å². The second-order valence-electron chi connectivity index (χ2n) is 2.59. The zero-order valence-corrected chi connectivity index (χ0v) is 6.25.